The minimum atomic E-state index is -0.326. The summed E-state index contributed by atoms with van der Waals surface area (Å²) in [5, 5.41) is 9.42. The van der Waals surface area contributed by atoms with Gasteiger partial charge in [-0.15, -0.1) is 0 Å². The summed E-state index contributed by atoms with van der Waals surface area (Å²) in [4.78, 5) is 13.5. The Kier molecular flexibility index (Phi) is 5.05. The molecule has 2 atom stereocenters. The minimum Gasteiger partial charge on any atom is -0.391 e. The van der Waals surface area contributed by atoms with Gasteiger partial charge in [-0.25, -0.2) is 0 Å². The largest absolute Gasteiger partial charge is 0.391 e. The van der Waals surface area contributed by atoms with Gasteiger partial charge in [-0.2, -0.15) is 0 Å². The fourth-order valence-electron chi connectivity index (χ4n) is 2.09. The van der Waals surface area contributed by atoms with Crippen LogP contribution in [0.25, 0.3) is 0 Å². The van der Waals surface area contributed by atoms with E-state index in [0.29, 0.717) is 25.9 Å². The summed E-state index contributed by atoms with van der Waals surface area (Å²) in [6, 6.07) is 0.196. The molecule has 1 fully saturated rings. The number of aliphatic hydroxyl groups is 1. The Morgan fingerprint density at radius 2 is 2.20 bits per heavy atom. The van der Waals surface area contributed by atoms with Crippen molar-refractivity contribution in [3.63, 3.8) is 0 Å². The Labute approximate surface area is 91.4 Å². The minimum absolute atomic E-state index is 0.177. The third-order valence-corrected chi connectivity index (χ3v) is 2.97. The molecule has 4 nitrogen and oxygen atoms in total. The second-order valence-electron chi connectivity index (χ2n) is 4.38. The molecule has 1 amide bonds. The quantitative estimate of drug-likeness (QED) is 0.654. The van der Waals surface area contributed by atoms with Gasteiger partial charge < -0.3 is 15.7 Å². The van der Waals surface area contributed by atoms with Crippen LogP contribution in [0.5, 0.6) is 0 Å². The number of carbonyl (C=O) groups excluding carboxylic acids is 1. The van der Waals surface area contributed by atoms with E-state index in [-0.39, 0.29) is 18.1 Å². The lowest BCUT2D eigenvalue weighted by Gasteiger charge is -2.20. The van der Waals surface area contributed by atoms with E-state index in [4.69, 9.17) is 5.73 Å². The van der Waals surface area contributed by atoms with Crippen molar-refractivity contribution in [2.24, 2.45) is 5.73 Å². The van der Waals surface area contributed by atoms with Gasteiger partial charge in [0.1, 0.15) is 0 Å². The number of amides is 1. The molecular formula is C11H22N2O2. The molecule has 1 rings (SSSR count). The number of β-amino-alcohol motifs (C(OH)–C–C–N with tert-alkyl or cyclic N) is 1. The lowest BCUT2D eigenvalue weighted by molar-refractivity contribution is -0.132. The fourth-order valence-corrected chi connectivity index (χ4v) is 2.09. The highest BCUT2D eigenvalue weighted by molar-refractivity contribution is 5.76. The second kappa shape index (κ2) is 6.08. The van der Waals surface area contributed by atoms with Crippen molar-refractivity contribution < 1.29 is 9.90 Å². The number of carbonyl (C=O) groups is 1. The van der Waals surface area contributed by atoms with Crippen molar-refractivity contribution >= 4 is 5.91 Å². The van der Waals surface area contributed by atoms with Crippen molar-refractivity contribution in [2.75, 3.05) is 13.1 Å². The van der Waals surface area contributed by atoms with Gasteiger partial charge in [0.05, 0.1) is 6.10 Å². The predicted molar refractivity (Wildman–Crippen MR) is 59.3 cm³/mol. The number of nitrogens with zero attached hydrogens (tertiary/aromatic N) is 1. The standard InChI is InChI=1S/C11H22N2O2/c1-9-7-10(14)8-13(9)11(15)5-3-2-4-6-12/h9-10,14H,2-8,12H2,1H3/t9-,10-/m0/s1. The van der Waals surface area contributed by atoms with Gasteiger partial charge in [-0.3, -0.25) is 4.79 Å². The Bertz CT molecular complexity index is 209. The summed E-state index contributed by atoms with van der Waals surface area (Å²) < 4.78 is 0. The van der Waals surface area contributed by atoms with Gasteiger partial charge in [0.2, 0.25) is 5.91 Å². The summed E-state index contributed by atoms with van der Waals surface area (Å²) in [5.41, 5.74) is 5.38. The van der Waals surface area contributed by atoms with Crippen LogP contribution in [0.4, 0.5) is 0 Å². The normalized spacial score (nSPS) is 25.9. The molecule has 0 aromatic carbocycles. The summed E-state index contributed by atoms with van der Waals surface area (Å²) in [5.74, 6) is 0.177. The highest BCUT2D eigenvalue weighted by atomic mass is 16.3. The number of likely N-dealkylation sites (tertiary alicyclic amines) is 1. The maximum absolute atomic E-state index is 11.7. The molecule has 1 heterocycles. The zero-order valence-electron chi connectivity index (χ0n) is 9.48. The summed E-state index contributed by atoms with van der Waals surface area (Å²) in [6.07, 6.45) is 3.91. The maximum Gasteiger partial charge on any atom is 0.222 e. The fraction of sp³-hybridized carbons (Fsp3) is 0.909. The first kappa shape index (κ1) is 12.5. The molecule has 1 aliphatic rings. The van der Waals surface area contributed by atoms with E-state index in [9.17, 15) is 9.90 Å². The summed E-state index contributed by atoms with van der Waals surface area (Å²) in [7, 11) is 0. The van der Waals surface area contributed by atoms with Crippen LogP contribution < -0.4 is 5.73 Å². The van der Waals surface area contributed by atoms with Crippen LogP contribution in [-0.2, 0) is 4.79 Å². The molecule has 0 unspecified atom stereocenters. The smallest absolute Gasteiger partial charge is 0.222 e. The van der Waals surface area contributed by atoms with Crippen molar-refractivity contribution in [1.29, 1.82) is 0 Å². The van der Waals surface area contributed by atoms with E-state index in [1.165, 1.54) is 0 Å². The molecule has 0 aromatic rings. The summed E-state index contributed by atoms with van der Waals surface area (Å²) in [6.45, 7) is 3.21. The van der Waals surface area contributed by atoms with Crippen LogP contribution in [0.1, 0.15) is 39.0 Å². The average Bonchev–Trinajstić information content (AvgIpc) is 2.52. The topological polar surface area (TPSA) is 66.6 Å². The second-order valence-corrected chi connectivity index (χ2v) is 4.38. The third-order valence-electron chi connectivity index (χ3n) is 2.97. The van der Waals surface area contributed by atoms with Crippen molar-refractivity contribution in [3.05, 3.63) is 0 Å². The highest BCUT2D eigenvalue weighted by Crippen LogP contribution is 2.18. The number of nitrogens with two attached hydrogens (primary N) is 1. The van der Waals surface area contributed by atoms with Gasteiger partial charge in [-0.1, -0.05) is 6.42 Å². The molecule has 15 heavy (non-hydrogen) atoms. The molecule has 0 aromatic heterocycles. The molecule has 0 spiro atoms. The zero-order chi connectivity index (χ0) is 11.3. The molecular weight excluding hydrogens is 192 g/mol. The lowest BCUT2D eigenvalue weighted by atomic mass is 10.1. The molecule has 0 radical (unpaired) electrons. The van der Waals surface area contributed by atoms with Crippen LogP contribution in [0.3, 0.4) is 0 Å². The Morgan fingerprint density at radius 1 is 1.47 bits per heavy atom. The van der Waals surface area contributed by atoms with E-state index >= 15 is 0 Å². The molecule has 0 aliphatic carbocycles. The van der Waals surface area contributed by atoms with Crippen LogP contribution in [0.2, 0.25) is 0 Å². The van der Waals surface area contributed by atoms with Crippen LogP contribution >= 0.6 is 0 Å². The molecule has 1 aliphatic heterocycles. The first-order valence-electron chi connectivity index (χ1n) is 5.82. The van der Waals surface area contributed by atoms with Gasteiger partial charge in [0.25, 0.3) is 0 Å². The average molecular weight is 214 g/mol. The van der Waals surface area contributed by atoms with Crippen molar-refractivity contribution in [2.45, 2.75) is 51.2 Å². The number of hydrogen-bond acceptors (Lipinski definition) is 3. The van der Waals surface area contributed by atoms with Crippen molar-refractivity contribution in [1.82, 2.24) is 4.90 Å². The van der Waals surface area contributed by atoms with Gasteiger partial charge in [0.15, 0.2) is 0 Å². The number of hydrogen-bond donors (Lipinski definition) is 2. The predicted octanol–water partition coefficient (Wildman–Crippen LogP) is 0.487. The Balaban J connectivity index is 2.22. The van der Waals surface area contributed by atoms with E-state index in [1.54, 1.807) is 4.90 Å². The van der Waals surface area contributed by atoms with Crippen molar-refractivity contribution in [3.8, 4) is 0 Å². The van der Waals surface area contributed by atoms with Crippen LogP contribution in [-0.4, -0.2) is 41.1 Å². The third kappa shape index (κ3) is 3.80. The van der Waals surface area contributed by atoms with E-state index in [0.717, 1.165) is 19.3 Å². The van der Waals surface area contributed by atoms with Crippen LogP contribution in [0, 0.1) is 0 Å². The van der Waals surface area contributed by atoms with E-state index in [2.05, 4.69) is 0 Å². The maximum atomic E-state index is 11.7. The van der Waals surface area contributed by atoms with Gasteiger partial charge in [0, 0.05) is 19.0 Å². The molecule has 0 saturated carbocycles. The molecule has 0 bridgehead atoms. The van der Waals surface area contributed by atoms with Crippen LogP contribution in [0.15, 0.2) is 0 Å². The molecule has 4 heteroatoms. The zero-order valence-corrected chi connectivity index (χ0v) is 9.48. The monoisotopic (exact) mass is 214 g/mol. The van der Waals surface area contributed by atoms with Gasteiger partial charge >= 0.3 is 0 Å². The number of unbranched alkanes of at least 4 members (excludes halogenated alkanes) is 2. The Morgan fingerprint density at radius 3 is 2.73 bits per heavy atom. The SMILES string of the molecule is C[C@H]1C[C@H](O)CN1C(=O)CCCCCN. The van der Waals surface area contributed by atoms with Gasteiger partial charge in [-0.05, 0) is 32.7 Å². The van der Waals surface area contributed by atoms with E-state index < -0.39 is 0 Å². The highest BCUT2D eigenvalue weighted by Gasteiger charge is 2.30. The number of rotatable bonds is 5. The first-order valence-corrected chi connectivity index (χ1v) is 5.82. The number of aliphatic hydroxyl groups excluding tert-OH is 1. The Hall–Kier alpha value is -0.610. The lowest BCUT2D eigenvalue weighted by Crippen LogP contribution is -2.34. The molecule has 3 N–H and O–H groups in total. The van der Waals surface area contributed by atoms with E-state index in [1.807, 2.05) is 6.92 Å². The summed E-state index contributed by atoms with van der Waals surface area (Å²) >= 11 is 0. The molecule has 1 saturated heterocycles. The molecule has 88 valence electrons. The first-order chi connectivity index (χ1) is 7.15.